The van der Waals surface area contributed by atoms with Crippen molar-refractivity contribution in [3.63, 3.8) is 0 Å². The third kappa shape index (κ3) is 3.19. The van der Waals surface area contributed by atoms with Gasteiger partial charge in [0.1, 0.15) is 12.2 Å². The first-order chi connectivity index (χ1) is 15.4. The fraction of sp³-hybridized carbons (Fsp3) is 0.160. The second kappa shape index (κ2) is 7.53. The molecule has 0 amide bonds. The molecule has 1 atom stereocenters. The van der Waals surface area contributed by atoms with E-state index >= 15 is 0 Å². The molecule has 0 saturated carbocycles. The van der Waals surface area contributed by atoms with Crippen LogP contribution in [0.4, 0.5) is 5.69 Å². The van der Waals surface area contributed by atoms with Crippen molar-refractivity contribution in [3.8, 4) is 17.1 Å². The first kappa shape index (κ1) is 19.8. The van der Waals surface area contributed by atoms with E-state index in [-0.39, 0.29) is 29.4 Å². The summed E-state index contributed by atoms with van der Waals surface area (Å²) in [4.78, 5) is 29.1. The van der Waals surface area contributed by atoms with Gasteiger partial charge in [-0.25, -0.2) is 4.79 Å². The van der Waals surface area contributed by atoms with E-state index in [0.717, 1.165) is 22.3 Å². The molecule has 2 N–H and O–H groups in total. The molecule has 7 heteroatoms. The maximum absolute atomic E-state index is 13.3. The Morgan fingerprint density at radius 3 is 2.84 bits per heavy atom. The molecule has 160 valence electrons. The summed E-state index contributed by atoms with van der Waals surface area (Å²) in [6.45, 7) is 4.09. The number of aromatic carboxylic acids is 1. The van der Waals surface area contributed by atoms with E-state index in [4.69, 9.17) is 9.15 Å². The Morgan fingerprint density at radius 1 is 1.22 bits per heavy atom. The Bertz CT molecular complexity index is 1440. The number of ether oxygens (including phenoxy) is 1. The number of anilines is 1. The second-order valence-corrected chi connectivity index (χ2v) is 7.86. The van der Waals surface area contributed by atoms with E-state index in [0.29, 0.717) is 22.4 Å². The third-order valence-corrected chi connectivity index (χ3v) is 5.65. The Morgan fingerprint density at radius 2 is 2.03 bits per heavy atom. The van der Waals surface area contributed by atoms with E-state index in [1.807, 2.05) is 26.0 Å². The predicted molar refractivity (Wildman–Crippen MR) is 120 cm³/mol. The number of nitrogens with zero attached hydrogens (tertiary/aromatic N) is 1. The fourth-order valence-corrected chi connectivity index (χ4v) is 4.10. The molecule has 4 aromatic rings. The van der Waals surface area contributed by atoms with E-state index in [9.17, 15) is 14.7 Å². The first-order valence-electron chi connectivity index (χ1n) is 10.2. The molecule has 7 nitrogen and oxygen atoms in total. The van der Waals surface area contributed by atoms with Gasteiger partial charge in [0, 0.05) is 34.8 Å². The number of para-hydroxylation sites is 1. The fourth-order valence-electron chi connectivity index (χ4n) is 4.10. The van der Waals surface area contributed by atoms with Crippen LogP contribution in [0.15, 0.2) is 64.1 Å². The van der Waals surface area contributed by atoms with Crippen molar-refractivity contribution in [1.82, 2.24) is 4.98 Å². The summed E-state index contributed by atoms with van der Waals surface area (Å²) in [5, 5.41) is 13.2. The lowest BCUT2D eigenvalue weighted by Gasteiger charge is -2.22. The third-order valence-electron chi connectivity index (χ3n) is 5.65. The minimum atomic E-state index is -1.02. The van der Waals surface area contributed by atoms with Crippen molar-refractivity contribution < 1.29 is 19.1 Å². The number of pyridine rings is 1. The van der Waals surface area contributed by atoms with Crippen molar-refractivity contribution in [2.24, 2.45) is 0 Å². The van der Waals surface area contributed by atoms with Gasteiger partial charge in [0.25, 0.3) is 0 Å². The minimum absolute atomic E-state index is 0.170. The Labute approximate surface area is 183 Å². The average Bonchev–Trinajstić information content (AvgIpc) is 2.79. The molecule has 1 unspecified atom stereocenters. The van der Waals surface area contributed by atoms with Crippen molar-refractivity contribution in [2.75, 3.05) is 5.32 Å². The van der Waals surface area contributed by atoms with E-state index in [1.54, 1.807) is 42.7 Å². The molecule has 0 saturated heterocycles. The quantitative estimate of drug-likeness (QED) is 0.475. The summed E-state index contributed by atoms with van der Waals surface area (Å²) < 4.78 is 12.0. The van der Waals surface area contributed by atoms with Crippen molar-refractivity contribution in [3.05, 3.63) is 87.3 Å². The monoisotopic (exact) mass is 428 g/mol. The molecule has 2 aromatic carbocycles. The summed E-state index contributed by atoms with van der Waals surface area (Å²) in [6.07, 6.45) is 3.34. The molecule has 0 aliphatic carbocycles. The van der Waals surface area contributed by atoms with E-state index in [1.165, 1.54) is 0 Å². The Balaban J connectivity index is 1.69. The van der Waals surface area contributed by atoms with Crippen molar-refractivity contribution >= 4 is 22.6 Å². The highest BCUT2D eigenvalue weighted by Crippen LogP contribution is 2.39. The van der Waals surface area contributed by atoms with E-state index < -0.39 is 5.97 Å². The van der Waals surface area contributed by atoms with Crippen LogP contribution in [0.3, 0.4) is 0 Å². The van der Waals surface area contributed by atoms with Gasteiger partial charge >= 0.3 is 5.97 Å². The number of rotatable bonds is 4. The largest absolute Gasteiger partial charge is 0.481 e. The maximum atomic E-state index is 13.3. The number of carboxylic acids is 1. The second-order valence-electron chi connectivity index (χ2n) is 7.86. The zero-order valence-electron chi connectivity index (χ0n) is 17.5. The summed E-state index contributed by atoms with van der Waals surface area (Å²) in [5.74, 6) is -0.470. The molecule has 0 radical (unpaired) electrons. The van der Waals surface area contributed by atoms with Crippen LogP contribution >= 0.6 is 0 Å². The molecule has 32 heavy (non-hydrogen) atoms. The molecule has 5 rings (SSSR count). The van der Waals surface area contributed by atoms with Crippen molar-refractivity contribution in [1.29, 1.82) is 0 Å². The number of aromatic nitrogens is 1. The number of carbonyl (C=O) groups is 1. The lowest BCUT2D eigenvalue weighted by atomic mass is 9.99. The molecule has 3 heterocycles. The van der Waals surface area contributed by atoms with Crippen LogP contribution in [0.25, 0.3) is 22.3 Å². The zero-order valence-corrected chi connectivity index (χ0v) is 17.5. The smallest absolute Gasteiger partial charge is 0.337 e. The molecular weight excluding hydrogens is 408 g/mol. The summed E-state index contributed by atoms with van der Waals surface area (Å²) >= 11 is 0. The SMILES string of the molecule is Cc1cc(C(C)Nc2ccccc2C(=O)O)c2oc3c(c(=O)c2c1)OCc1ccncc1-3. The van der Waals surface area contributed by atoms with Crippen LogP contribution in [0.1, 0.15) is 40.0 Å². The topological polar surface area (TPSA) is 102 Å². The lowest BCUT2D eigenvalue weighted by Crippen LogP contribution is -2.16. The number of carboxylic acid groups (broad SMARTS) is 1. The zero-order chi connectivity index (χ0) is 22.4. The van der Waals surface area contributed by atoms with Crippen LogP contribution in [-0.2, 0) is 6.61 Å². The van der Waals surface area contributed by atoms with Crippen molar-refractivity contribution in [2.45, 2.75) is 26.5 Å². The number of hydrogen-bond acceptors (Lipinski definition) is 6. The van der Waals surface area contributed by atoms with E-state index in [2.05, 4.69) is 10.3 Å². The number of fused-ring (bicyclic) bond motifs is 4. The van der Waals surface area contributed by atoms with Crippen LogP contribution in [0.5, 0.6) is 5.75 Å². The Hall–Kier alpha value is -4.13. The first-order valence-corrected chi connectivity index (χ1v) is 10.2. The molecule has 1 aliphatic heterocycles. The number of nitrogens with one attached hydrogen (secondary N) is 1. The van der Waals surface area contributed by atoms with Crippen LogP contribution in [0.2, 0.25) is 0 Å². The molecule has 1 aliphatic rings. The van der Waals surface area contributed by atoms with Gasteiger partial charge in [0.15, 0.2) is 5.76 Å². The lowest BCUT2D eigenvalue weighted by molar-refractivity contribution is 0.0698. The van der Waals surface area contributed by atoms with Gasteiger partial charge in [0.05, 0.1) is 17.0 Å². The summed E-state index contributed by atoms with van der Waals surface area (Å²) in [6, 6.07) is 11.9. The molecule has 0 spiro atoms. The molecule has 2 aromatic heterocycles. The highest BCUT2D eigenvalue weighted by molar-refractivity contribution is 5.94. The minimum Gasteiger partial charge on any atom is -0.481 e. The molecule has 0 fully saturated rings. The highest BCUT2D eigenvalue weighted by atomic mass is 16.5. The van der Waals surface area contributed by atoms with Gasteiger partial charge in [-0.1, -0.05) is 18.2 Å². The van der Waals surface area contributed by atoms with Crippen LogP contribution in [0, 0.1) is 6.92 Å². The van der Waals surface area contributed by atoms with Gasteiger partial charge in [-0.05, 0) is 43.7 Å². The van der Waals surface area contributed by atoms with Crippen LogP contribution < -0.4 is 15.5 Å². The maximum Gasteiger partial charge on any atom is 0.337 e. The predicted octanol–water partition coefficient (Wildman–Crippen LogP) is 4.93. The van der Waals surface area contributed by atoms with Gasteiger partial charge in [-0.3, -0.25) is 9.78 Å². The summed E-state index contributed by atoms with van der Waals surface area (Å²) in [5.41, 5.74) is 4.12. The highest BCUT2D eigenvalue weighted by Gasteiger charge is 2.26. The summed E-state index contributed by atoms with van der Waals surface area (Å²) in [7, 11) is 0. The normalized spacial score (nSPS) is 13.1. The standard InChI is InChI=1S/C25H20N2O5/c1-13-9-17(14(2)27-20-6-4-3-5-16(20)25(29)30)22-18(10-13)21(28)24-23(32-22)19-11-26-8-7-15(19)12-31-24/h3-11,14,27H,12H2,1-2H3,(H,29,30). The van der Waals surface area contributed by atoms with Gasteiger partial charge in [0.2, 0.25) is 11.2 Å². The van der Waals surface area contributed by atoms with Gasteiger partial charge < -0.3 is 19.6 Å². The Kier molecular flexibility index (Phi) is 4.66. The van der Waals surface area contributed by atoms with Gasteiger partial charge in [-0.2, -0.15) is 0 Å². The molecule has 0 bridgehead atoms. The van der Waals surface area contributed by atoms with Gasteiger partial charge in [-0.15, -0.1) is 0 Å². The number of aryl methyl sites for hydroxylation is 1. The number of hydrogen-bond donors (Lipinski definition) is 2. The molecular formula is C25H20N2O5. The van der Waals surface area contributed by atoms with Crippen LogP contribution in [-0.4, -0.2) is 16.1 Å². The number of benzene rings is 2. The average molecular weight is 428 g/mol.